The Morgan fingerprint density at radius 3 is 2.88 bits per heavy atom. The zero-order valence-electron chi connectivity index (χ0n) is 9.93. The third-order valence-electron chi connectivity index (χ3n) is 2.09. The molecule has 0 fully saturated rings. The third kappa shape index (κ3) is 5.60. The molecule has 0 heterocycles. The van der Waals surface area contributed by atoms with Crippen molar-refractivity contribution in [1.29, 1.82) is 0 Å². The summed E-state index contributed by atoms with van der Waals surface area (Å²) in [7, 11) is 0. The van der Waals surface area contributed by atoms with Crippen LogP contribution in [0.1, 0.15) is 31.7 Å². The fourth-order valence-electron chi connectivity index (χ4n) is 1.26. The molecule has 0 aliphatic carbocycles. The lowest BCUT2D eigenvalue weighted by atomic mass is 10.2. The average Bonchev–Trinajstić information content (AvgIpc) is 2.29. The van der Waals surface area contributed by atoms with Crippen LogP contribution in [0, 0.1) is 17.7 Å². The number of hydrogen-bond acceptors (Lipinski definition) is 1. The van der Waals surface area contributed by atoms with Crippen molar-refractivity contribution in [2.75, 3.05) is 12.5 Å². The van der Waals surface area contributed by atoms with Gasteiger partial charge in [0, 0.05) is 23.9 Å². The molecular weight excluding hydrogens is 239 g/mol. The highest BCUT2D eigenvalue weighted by Crippen LogP contribution is 2.16. The number of benzene rings is 1. The van der Waals surface area contributed by atoms with E-state index in [1.54, 1.807) is 6.07 Å². The lowest BCUT2D eigenvalue weighted by Crippen LogP contribution is -1.97. The van der Waals surface area contributed by atoms with Crippen molar-refractivity contribution in [3.63, 3.8) is 0 Å². The molecule has 1 rings (SSSR count). The first-order valence-electron chi connectivity index (χ1n) is 5.74. The lowest BCUT2D eigenvalue weighted by molar-refractivity contribution is 0.308. The van der Waals surface area contributed by atoms with Crippen molar-refractivity contribution in [1.82, 2.24) is 0 Å². The zero-order valence-corrected chi connectivity index (χ0v) is 10.7. The molecule has 0 saturated heterocycles. The highest BCUT2D eigenvalue weighted by atomic mass is 35.5. The van der Waals surface area contributed by atoms with E-state index in [0.29, 0.717) is 30.2 Å². The van der Waals surface area contributed by atoms with Crippen LogP contribution in [0.3, 0.4) is 0 Å². The molecule has 0 aromatic heterocycles. The lowest BCUT2D eigenvalue weighted by Gasteiger charge is -2.05. The maximum Gasteiger partial charge on any atom is 0.128 e. The molecule has 1 aromatic carbocycles. The van der Waals surface area contributed by atoms with Crippen LogP contribution >= 0.6 is 11.6 Å². The Bertz CT molecular complexity index is 406. The second-order valence-electron chi connectivity index (χ2n) is 3.62. The molecule has 0 aliphatic rings. The van der Waals surface area contributed by atoms with Crippen LogP contribution in [0.25, 0.3) is 0 Å². The van der Waals surface area contributed by atoms with E-state index in [-0.39, 0.29) is 5.82 Å². The smallest absolute Gasteiger partial charge is 0.128 e. The first kappa shape index (κ1) is 13.9. The van der Waals surface area contributed by atoms with Gasteiger partial charge >= 0.3 is 0 Å². The Kier molecular flexibility index (Phi) is 6.50. The highest BCUT2D eigenvalue weighted by Gasteiger charge is 2.00. The van der Waals surface area contributed by atoms with Gasteiger partial charge in [0.05, 0.1) is 6.61 Å². The van der Waals surface area contributed by atoms with Gasteiger partial charge in [-0.25, -0.2) is 4.39 Å². The van der Waals surface area contributed by atoms with Crippen molar-refractivity contribution < 1.29 is 9.13 Å². The largest absolute Gasteiger partial charge is 0.493 e. The van der Waals surface area contributed by atoms with Gasteiger partial charge in [0.15, 0.2) is 0 Å². The SMILES string of the molecule is CCCCOc1cc(F)cc(C#CCCCl)c1. The molecule has 3 heteroatoms. The van der Waals surface area contributed by atoms with E-state index in [0.717, 1.165) is 12.8 Å². The van der Waals surface area contributed by atoms with Gasteiger partial charge in [-0.3, -0.25) is 0 Å². The number of unbranched alkanes of at least 4 members (excludes halogenated alkanes) is 1. The first-order chi connectivity index (χ1) is 8.26. The molecule has 17 heavy (non-hydrogen) atoms. The molecule has 92 valence electrons. The van der Waals surface area contributed by atoms with Gasteiger partial charge in [-0.05, 0) is 18.6 Å². The zero-order chi connectivity index (χ0) is 12.5. The average molecular weight is 255 g/mol. The number of hydrogen-bond donors (Lipinski definition) is 0. The van der Waals surface area contributed by atoms with E-state index in [1.165, 1.54) is 12.1 Å². The van der Waals surface area contributed by atoms with Gasteiger partial charge in [0.2, 0.25) is 0 Å². The van der Waals surface area contributed by atoms with Gasteiger partial charge in [-0.1, -0.05) is 25.2 Å². The molecule has 0 unspecified atom stereocenters. The van der Waals surface area contributed by atoms with Gasteiger partial charge in [0.25, 0.3) is 0 Å². The molecule has 0 amide bonds. The van der Waals surface area contributed by atoms with Crippen LogP contribution in [0.2, 0.25) is 0 Å². The summed E-state index contributed by atoms with van der Waals surface area (Å²) in [4.78, 5) is 0. The molecule has 0 atom stereocenters. The van der Waals surface area contributed by atoms with E-state index < -0.39 is 0 Å². The molecule has 0 bridgehead atoms. The Morgan fingerprint density at radius 1 is 1.35 bits per heavy atom. The fourth-order valence-corrected chi connectivity index (χ4v) is 1.36. The summed E-state index contributed by atoms with van der Waals surface area (Å²) in [5.74, 6) is 6.43. The minimum Gasteiger partial charge on any atom is -0.493 e. The second-order valence-corrected chi connectivity index (χ2v) is 4.00. The summed E-state index contributed by atoms with van der Waals surface area (Å²) in [5.41, 5.74) is 0.626. The maximum atomic E-state index is 13.3. The predicted molar refractivity (Wildman–Crippen MR) is 69.0 cm³/mol. The normalized spacial score (nSPS) is 9.59. The van der Waals surface area contributed by atoms with Crippen molar-refractivity contribution in [3.8, 4) is 17.6 Å². The Balaban J connectivity index is 2.69. The molecule has 0 radical (unpaired) electrons. The van der Waals surface area contributed by atoms with Gasteiger partial charge in [0.1, 0.15) is 11.6 Å². The van der Waals surface area contributed by atoms with E-state index in [4.69, 9.17) is 16.3 Å². The molecule has 1 aromatic rings. The van der Waals surface area contributed by atoms with Gasteiger partial charge in [-0.15, -0.1) is 11.6 Å². The summed E-state index contributed by atoms with van der Waals surface area (Å²) in [6, 6.07) is 4.52. The molecule has 0 N–H and O–H groups in total. The number of alkyl halides is 1. The summed E-state index contributed by atoms with van der Waals surface area (Å²) >= 11 is 5.51. The van der Waals surface area contributed by atoms with Crippen molar-refractivity contribution >= 4 is 11.6 Å². The summed E-state index contributed by atoms with van der Waals surface area (Å²) in [6.45, 7) is 2.69. The minimum atomic E-state index is -0.325. The van der Waals surface area contributed by atoms with E-state index in [9.17, 15) is 4.39 Å². The fraction of sp³-hybridized carbons (Fsp3) is 0.429. The maximum absolute atomic E-state index is 13.3. The Morgan fingerprint density at radius 2 is 2.18 bits per heavy atom. The van der Waals surface area contributed by atoms with Crippen LogP contribution in [-0.2, 0) is 0 Å². The number of rotatable bonds is 5. The third-order valence-corrected chi connectivity index (χ3v) is 2.28. The quantitative estimate of drug-likeness (QED) is 0.439. The number of halogens is 2. The molecular formula is C14H16ClFO. The molecule has 1 nitrogen and oxygen atoms in total. The van der Waals surface area contributed by atoms with Crippen molar-refractivity contribution in [2.45, 2.75) is 26.2 Å². The summed E-state index contributed by atoms with van der Waals surface area (Å²) in [5, 5.41) is 0. The standard InChI is InChI=1S/C14H16ClFO/c1-2-3-8-17-14-10-12(6-4-5-7-15)9-13(16)11-14/h9-11H,2-3,5,7-8H2,1H3. The first-order valence-corrected chi connectivity index (χ1v) is 6.28. The van der Waals surface area contributed by atoms with E-state index >= 15 is 0 Å². The minimum absolute atomic E-state index is 0.325. The topological polar surface area (TPSA) is 9.23 Å². The van der Waals surface area contributed by atoms with Gasteiger partial charge in [-0.2, -0.15) is 0 Å². The van der Waals surface area contributed by atoms with Crippen molar-refractivity contribution in [2.24, 2.45) is 0 Å². The molecule has 0 spiro atoms. The van der Waals surface area contributed by atoms with E-state index in [2.05, 4.69) is 18.8 Å². The van der Waals surface area contributed by atoms with E-state index in [1.807, 2.05) is 0 Å². The Hall–Kier alpha value is -1.20. The van der Waals surface area contributed by atoms with Crippen molar-refractivity contribution in [3.05, 3.63) is 29.6 Å². The predicted octanol–water partition coefficient (Wildman–Crippen LogP) is 3.99. The van der Waals surface area contributed by atoms with Crippen LogP contribution < -0.4 is 4.74 Å². The monoisotopic (exact) mass is 254 g/mol. The van der Waals surface area contributed by atoms with Crippen LogP contribution in [0.4, 0.5) is 4.39 Å². The van der Waals surface area contributed by atoms with Crippen LogP contribution in [0.5, 0.6) is 5.75 Å². The summed E-state index contributed by atoms with van der Waals surface area (Å²) in [6.07, 6.45) is 2.62. The Labute approximate surface area is 107 Å². The second kappa shape index (κ2) is 7.97. The van der Waals surface area contributed by atoms with Crippen LogP contribution in [0.15, 0.2) is 18.2 Å². The summed E-state index contributed by atoms with van der Waals surface area (Å²) < 4.78 is 18.7. The highest BCUT2D eigenvalue weighted by molar-refractivity contribution is 6.18. The molecule has 0 aliphatic heterocycles. The number of ether oxygens (including phenoxy) is 1. The molecule has 0 saturated carbocycles. The van der Waals surface area contributed by atoms with Gasteiger partial charge < -0.3 is 4.74 Å². The van der Waals surface area contributed by atoms with Crippen LogP contribution in [-0.4, -0.2) is 12.5 Å².